The van der Waals surface area contributed by atoms with E-state index in [-0.39, 0.29) is 36.0 Å². The summed E-state index contributed by atoms with van der Waals surface area (Å²) in [7, 11) is -0.606. The van der Waals surface area contributed by atoms with Gasteiger partial charge in [0.15, 0.2) is 0 Å². The van der Waals surface area contributed by atoms with E-state index in [1.807, 2.05) is 38.1 Å². The fourth-order valence-corrected chi connectivity index (χ4v) is 7.00. The zero-order chi connectivity index (χ0) is 40.9. The number of nitrogens with one attached hydrogen (secondary N) is 3. The summed E-state index contributed by atoms with van der Waals surface area (Å²) >= 11 is 0. The monoisotopic (exact) mass is 777 g/mol. The topological polar surface area (TPSA) is 148 Å². The van der Waals surface area contributed by atoms with Gasteiger partial charge in [-0.3, -0.25) is 29.2 Å². The molecule has 55 heavy (non-hydrogen) atoms. The van der Waals surface area contributed by atoms with E-state index in [4.69, 9.17) is 13.9 Å². The van der Waals surface area contributed by atoms with Crippen LogP contribution in [0.2, 0.25) is 18.1 Å². The number of benzene rings is 1. The minimum Gasteiger partial charge on any atom is -0.543 e. The largest absolute Gasteiger partial charge is 0.543 e. The molecule has 0 aliphatic carbocycles. The third-order valence-corrected chi connectivity index (χ3v) is 14.8. The van der Waals surface area contributed by atoms with E-state index in [0.717, 1.165) is 11.1 Å². The van der Waals surface area contributed by atoms with E-state index in [1.165, 1.54) is 5.01 Å². The number of esters is 1. The number of amides is 3. The summed E-state index contributed by atoms with van der Waals surface area (Å²) in [6, 6.07) is 8.39. The Labute approximate surface area is 329 Å². The van der Waals surface area contributed by atoms with Crippen molar-refractivity contribution in [3.8, 4) is 5.75 Å². The smallest absolute Gasteiger partial charge is 0.325 e. The normalized spacial score (nSPS) is 17.0. The number of hydrogen-bond acceptors (Lipinski definition) is 9. The Morgan fingerprint density at radius 1 is 1.05 bits per heavy atom. The number of pyridine rings is 1. The first-order valence-electron chi connectivity index (χ1n) is 19.2. The first-order valence-corrected chi connectivity index (χ1v) is 22.2. The summed E-state index contributed by atoms with van der Waals surface area (Å²) in [6.45, 7) is 24.1. The third-order valence-electron chi connectivity index (χ3n) is 10.5. The molecule has 1 fully saturated rings. The number of ether oxygens (including phenoxy) is 2. The Hall–Kier alpha value is -4.33. The Bertz CT molecular complexity index is 1640. The fraction of sp³-hybridized carbons (Fsp3) is 0.548. The van der Waals surface area contributed by atoms with Crippen LogP contribution in [-0.2, 0) is 41.7 Å². The third kappa shape index (κ3) is 13.1. The van der Waals surface area contributed by atoms with Crippen molar-refractivity contribution < 1.29 is 33.1 Å². The summed E-state index contributed by atoms with van der Waals surface area (Å²) in [5.41, 5.74) is 5.28. The van der Waals surface area contributed by atoms with Crippen molar-refractivity contribution >= 4 is 38.1 Å². The van der Waals surface area contributed by atoms with Gasteiger partial charge in [0.1, 0.15) is 30.5 Å². The van der Waals surface area contributed by atoms with E-state index in [0.29, 0.717) is 43.7 Å². The van der Waals surface area contributed by atoms with Gasteiger partial charge in [-0.25, -0.2) is 5.43 Å². The highest BCUT2D eigenvalue weighted by molar-refractivity contribution is 6.74. The van der Waals surface area contributed by atoms with Crippen LogP contribution < -0.4 is 20.5 Å². The first-order chi connectivity index (χ1) is 25.9. The number of methoxy groups -OCH3 is 1. The molecule has 1 aliphatic rings. The summed E-state index contributed by atoms with van der Waals surface area (Å²) < 4.78 is 17.8. The molecule has 0 saturated carbocycles. The van der Waals surface area contributed by atoms with Crippen molar-refractivity contribution in [2.24, 2.45) is 11.8 Å². The molecule has 0 spiro atoms. The quantitative estimate of drug-likeness (QED) is 0.0871. The first kappa shape index (κ1) is 45.1. The van der Waals surface area contributed by atoms with Crippen molar-refractivity contribution in [2.75, 3.05) is 13.7 Å². The maximum atomic E-state index is 14.4. The number of nitrogens with zero attached hydrogens (tertiary/aromatic N) is 2. The Morgan fingerprint density at radius 2 is 1.78 bits per heavy atom. The molecule has 2 aromatic rings. The molecule has 12 nitrogen and oxygen atoms in total. The number of allylic oxidation sites excluding steroid dienone is 1. The van der Waals surface area contributed by atoms with Crippen LogP contribution in [0.3, 0.4) is 0 Å². The van der Waals surface area contributed by atoms with Crippen LogP contribution in [0.5, 0.6) is 5.75 Å². The summed E-state index contributed by atoms with van der Waals surface area (Å²) in [4.78, 5) is 59.3. The molecule has 0 radical (unpaired) electrons. The Kier molecular flexibility index (Phi) is 16.8. The summed E-state index contributed by atoms with van der Waals surface area (Å²) in [6.07, 6.45) is 7.10. The predicted octanol–water partition coefficient (Wildman–Crippen LogP) is 6.13. The summed E-state index contributed by atoms with van der Waals surface area (Å²) in [5.74, 6) is -1.86. The van der Waals surface area contributed by atoms with Gasteiger partial charge in [-0.15, -0.1) is 6.58 Å². The maximum absolute atomic E-state index is 14.4. The zero-order valence-electron chi connectivity index (χ0n) is 34.3. The lowest BCUT2D eigenvalue weighted by Crippen LogP contribution is -2.62. The maximum Gasteiger partial charge on any atom is 0.325 e. The zero-order valence-corrected chi connectivity index (χ0v) is 35.3. The van der Waals surface area contributed by atoms with Crippen LogP contribution in [-0.4, -0.2) is 79.9 Å². The minimum atomic E-state index is -2.17. The van der Waals surface area contributed by atoms with Crippen molar-refractivity contribution in [3.05, 3.63) is 78.6 Å². The van der Waals surface area contributed by atoms with Crippen molar-refractivity contribution in [1.82, 2.24) is 26.1 Å². The Morgan fingerprint density at radius 3 is 2.42 bits per heavy atom. The molecule has 2 heterocycles. The average molecular weight is 778 g/mol. The molecule has 1 aliphatic heterocycles. The van der Waals surface area contributed by atoms with Crippen LogP contribution >= 0.6 is 0 Å². The Balaban J connectivity index is 1.86. The van der Waals surface area contributed by atoms with Gasteiger partial charge in [0.2, 0.25) is 20.1 Å². The van der Waals surface area contributed by atoms with Gasteiger partial charge in [0.25, 0.3) is 5.91 Å². The lowest BCUT2D eigenvalue weighted by atomic mass is 9.96. The average Bonchev–Trinajstić information content (AvgIpc) is 3.14. The number of carbonyl (C=O) groups excluding carboxylic acids is 4. The van der Waals surface area contributed by atoms with E-state index in [1.54, 1.807) is 44.5 Å². The van der Waals surface area contributed by atoms with Crippen LogP contribution in [0, 0.1) is 11.8 Å². The molecule has 3 N–H and O–H groups in total. The van der Waals surface area contributed by atoms with Gasteiger partial charge in [-0.2, -0.15) is 0 Å². The molecule has 302 valence electrons. The lowest BCUT2D eigenvalue weighted by Gasteiger charge is -2.36. The molecule has 1 aromatic carbocycles. The predicted molar refractivity (Wildman–Crippen MR) is 218 cm³/mol. The number of aromatic nitrogens is 1. The highest BCUT2D eigenvalue weighted by Gasteiger charge is 2.39. The highest BCUT2D eigenvalue weighted by Crippen LogP contribution is 2.37. The standard InChI is InChI=1S/C42H63N5O7Si/c1-12-14-20-36(52-9)29(5)38(48)45-37(28(3)4)39(49)44-35(26-30-17-15-18-33(25-30)54-55(10,11)42(6,7)8)40(50)47-23-16-19-34(46-47)41(51)53-27-31-21-22-43-32(13-2)24-31/h12-13,15,17-18,21-22,24-25,28-29,34-37,46H,1-2,14,16,19-20,23,26-27H2,3-11H3,(H,44,49)(H,45,48). The second kappa shape index (κ2) is 20.5. The highest BCUT2D eigenvalue weighted by atomic mass is 28.4. The molecule has 1 aromatic heterocycles. The van der Waals surface area contributed by atoms with Crippen LogP contribution in [0.1, 0.15) is 84.0 Å². The molecule has 5 unspecified atom stereocenters. The van der Waals surface area contributed by atoms with Gasteiger partial charge in [0.05, 0.1) is 17.7 Å². The number of carbonyl (C=O) groups is 4. The van der Waals surface area contributed by atoms with Crippen LogP contribution in [0.4, 0.5) is 0 Å². The summed E-state index contributed by atoms with van der Waals surface area (Å²) in [5, 5.41) is 7.25. The second-order valence-electron chi connectivity index (χ2n) is 16.1. The number of hydrogen-bond donors (Lipinski definition) is 3. The van der Waals surface area contributed by atoms with Crippen molar-refractivity contribution in [3.63, 3.8) is 0 Å². The number of rotatable bonds is 19. The van der Waals surface area contributed by atoms with Gasteiger partial charge in [-0.05, 0) is 91.2 Å². The van der Waals surface area contributed by atoms with Gasteiger partial charge in [0, 0.05) is 26.3 Å². The fourth-order valence-electron chi connectivity index (χ4n) is 5.98. The van der Waals surface area contributed by atoms with Crippen LogP contribution in [0.15, 0.2) is 61.8 Å². The van der Waals surface area contributed by atoms with E-state index in [2.05, 4.69) is 68.1 Å². The second-order valence-corrected chi connectivity index (χ2v) is 20.9. The van der Waals surface area contributed by atoms with E-state index >= 15 is 0 Å². The molecule has 0 bridgehead atoms. The lowest BCUT2D eigenvalue weighted by molar-refractivity contribution is -0.154. The van der Waals surface area contributed by atoms with Gasteiger partial charge < -0.3 is 24.5 Å². The molecular weight excluding hydrogens is 715 g/mol. The molecule has 3 rings (SSSR count). The SMILES string of the molecule is C=CCCC(OC)C(C)C(=O)NC(C(=O)NC(Cc1cccc(O[Si](C)(C)C(C)(C)C)c1)C(=O)N1CCCC(C(=O)OCc2ccnc(C=C)c2)N1)C(C)C. The molecule has 5 atom stereocenters. The van der Waals surface area contributed by atoms with E-state index < -0.39 is 50.1 Å². The molecule has 13 heteroatoms. The van der Waals surface area contributed by atoms with Crippen LogP contribution in [0.25, 0.3) is 6.08 Å². The van der Waals surface area contributed by atoms with E-state index in [9.17, 15) is 19.2 Å². The van der Waals surface area contributed by atoms with Crippen molar-refractivity contribution in [1.29, 1.82) is 0 Å². The molecular formula is C42H63N5O7Si. The van der Waals surface area contributed by atoms with Gasteiger partial charge in [-0.1, -0.05) is 66.3 Å². The molecule has 1 saturated heterocycles. The van der Waals surface area contributed by atoms with Crippen molar-refractivity contribution in [2.45, 2.75) is 123 Å². The number of hydrazine groups is 1. The molecule has 3 amide bonds. The minimum absolute atomic E-state index is 0.0251. The van der Waals surface area contributed by atoms with Gasteiger partial charge >= 0.3 is 5.97 Å².